The van der Waals surface area contributed by atoms with E-state index in [0.29, 0.717) is 10.8 Å². The highest BCUT2D eigenvalue weighted by Crippen LogP contribution is 2.30. The summed E-state index contributed by atoms with van der Waals surface area (Å²) in [6.07, 6.45) is 1.84. The van der Waals surface area contributed by atoms with Crippen molar-refractivity contribution < 1.29 is 4.79 Å². The van der Waals surface area contributed by atoms with E-state index in [0.717, 1.165) is 15.0 Å². The Kier molecular flexibility index (Phi) is 3.97. The van der Waals surface area contributed by atoms with Crippen LogP contribution in [0.25, 0.3) is 10.6 Å². The Morgan fingerprint density at radius 3 is 2.86 bits per heavy atom. The number of aromatic nitrogens is 2. The standard InChI is InChI=1S/C14H12BrN3OS2/c1-8-3-4-12(21-8)10-7-20-14(16-10)17-13(19)11-5-9(15)6-18(11)2/h3-7H,1-2H3,(H,16,17,19). The minimum Gasteiger partial charge on any atom is -0.345 e. The van der Waals surface area contributed by atoms with Crippen LogP contribution in [-0.4, -0.2) is 15.5 Å². The van der Waals surface area contributed by atoms with E-state index in [1.165, 1.54) is 16.2 Å². The summed E-state index contributed by atoms with van der Waals surface area (Å²) >= 11 is 6.49. The Morgan fingerprint density at radius 1 is 1.43 bits per heavy atom. The van der Waals surface area contributed by atoms with Crippen LogP contribution in [0.15, 0.2) is 34.2 Å². The van der Waals surface area contributed by atoms with Gasteiger partial charge >= 0.3 is 0 Å². The average molecular weight is 382 g/mol. The Balaban J connectivity index is 1.78. The van der Waals surface area contributed by atoms with Crippen LogP contribution in [0.1, 0.15) is 15.4 Å². The molecule has 7 heteroatoms. The van der Waals surface area contributed by atoms with E-state index >= 15 is 0 Å². The minimum absolute atomic E-state index is 0.161. The maximum absolute atomic E-state index is 12.2. The van der Waals surface area contributed by atoms with Gasteiger partial charge in [-0.25, -0.2) is 4.98 Å². The molecule has 0 aliphatic heterocycles. The lowest BCUT2D eigenvalue weighted by atomic mass is 10.4. The fourth-order valence-corrected chi connectivity index (χ4v) is 4.06. The average Bonchev–Trinajstić information content (AvgIpc) is 3.10. The van der Waals surface area contributed by atoms with Gasteiger partial charge in [-0.1, -0.05) is 0 Å². The number of anilines is 1. The monoisotopic (exact) mass is 381 g/mol. The van der Waals surface area contributed by atoms with Gasteiger partial charge in [-0.2, -0.15) is 0 Å². The lowest BCUT2D eigenvalue weighted by molar-refractivity contribution is 0.101. The van der Waals surface area contributed by atoms with Gasteiger partial charge < -0.3 is 4.57 Å². The zero-order valence-corrected chi connectivity index (χ0v) is 14.6. The molecule has 3 aromatic heterocycles. The largest absolute Gasteiger partial charge is 0.345 e. The van der Waals surface area contributed by atoms with Gasteiger partial charge in [-0.3, -0.25) is 10.1 Å². The molecule has 0 aliphatic carbocycles. The zero-order chi connectivity index (χ0) is 15.0. The first-order chi connectivity index (χ1) is 10.0. The number of hydrogen-bond donors (Lipinski definition) is 1. The Bertz CT molecular complexity index is 803. The molecule has 108 valence electrons. The normalized spacial score (nSPS) is 10.8. The molecule has 3 rings (SSSR count). The van der Waals surface area contributed by atoms with Crippen molar-refractivity contribution in [3.05, 3.63) is 44.8 Å². The molecular weight excluding hydrogens is 370 g/mol. The van der Waals surface area contributed by atoms with Gasteiger partial charge in [0.25, 0.3) is 5.91 Å². The van der Waals surface area contributed by atoms with Gasteiger partial charge in [-0.05, 0) is 41.1 Å². The second-order valence-corrected chi connectivity index (χ2v) is 7.62. The third kappa shape index (κ3) is 3.09. The number of carbonyl (C=O) groups is 1. The molecule has 0 saturated carbocycles. The Labute approximate surface area is 138 Å². The molecular formula is C14H12BrN3OS2. The van der Waals surface area contributed by atoms with E-state index in [2.05, 4.69) is 45.3 Å². The molecule has 0 aromatic carbocycles. The molecule has 0 saturated heterocycles. The van der Waals surface area contributed by atoms with Crippen LogP contribution < -0.4 is 5.32 Å². The van der Waals surface area contributed by atoms with Crippen LogP contribution in [0.3, 0.4) is 0 Å². The number of hydrogen-bond acceptors (Lipinski definition) is 4. The second kappa shape index (κ2) is 5.75. The van der Waals surface area contributed by atoms with Crippen molar-refractivity contribution in [1.82, 2.24) is 9.55 Å². The third-order valence-corrected chi connectivity index (χ3v) is 5.14. The van der Waals surface area contributed by atoms with Crippen LogP contribution in [-0.2, 0) is 7.05 Å². The summed E-state index contributed by atoms with van der Waals surface area (Å²) in [4.78, 5) is 19.1. The highest BCUT2D eigenvalue weighted by molar-refractivity contribution is 9.10. The van der Waals surface area contributed by atoms with Gasteiger partial charge in [-0.15, -0.1) is 22.7 Å². The second-order valence-electron chi connectivity index (χ2n) is 4.56. The van der Waals surface area contributed by atoms with E-state index < -0.39 is 0 Å². The number of nitrogens with one attached hydrogen (secondary N) is 1. The van der Waals surface area contributed by atoms with Gasteiger partial charge in [0.05, 0.1) is 10.6 Å². The number of halogens is 1. The number of carbonyl (C=O) groups excluding carboxylic acids is 1. The molecule has 0 unspecified atom stereocenters. The summed E-state index contributed by atoms with van der Waals surface area (Å²) in [5, 5.41) is 5.41. The first-order valence-electron chi connectivity index (χ1n) is 6.18. The van der Waals surface area contributed by atoms with Gasteiger partial charge in [0.2, 0.25) is 0 Å². The van der Waals surface area contributed by atoms with Crippen molar-refractivity contribution in [2.75, 3.05) is 5.32 Å². The van der Waals surface area contributed by atoms with Crippen molar-refractivity contribution in [2.24, 2.45) is 7.05 Å². The summed E-state index contributed by atoms with van der Waals surface area (Å²) in [6.45, 7) is 2.07. The lowest BCUT2D eigenvalue weighted by Crippen LogP contribution is -2.15. The van der Waals surface area contributed by atoms with E-state index in [1.807, 2.05) is 18.6 Å². The van der Waals surface area contributed by atoms with E-state index in [1.54, 1.807) is 22.0 Å². The highest BCUT2D eigenvalue weighted by atomic mass is 79.9. The number of nitrogens with zero attached hydrogens (tertiary/aromatic N) is 2. The van der Waals surface area contributed by atoms with Gasteiger partial charge in [0.15, 0.2) is 5.13 Å². The fraction of sp³-hybridized carbons (Fsp3) is 0.143. The quantitative estimate of drug-likeness (QED) is 0.723. The lowest BCUT2D eigenvalue weighted by Gasteiger charge is -2.02. The third-order valence-electron chi connectivity index (χ3n) is 2.92. The van der Waals surface area contributed by atoms with Crippen molar-refractivity contribution >= 4 is 49.6 Å². The molecule has 0 fully saturated rings. The number of rotatable bonds is 3. The molecule has 3 aromatic rings. The summed E-state index contributed by atoms with van der Waals surface area (Å²) in [5.41, 5.74) is 1.49. The molecule has 0 atom stereocenters. The highest BCUT2D eigenvalue weighted by Gasteiger charge is 2.14. The number of aryl methyl sites for hydroxylation is 2. The topological polar surface area (TPSA) is 46.9 Å². The molecule has 1 N–H and O–H groups in total. The summed E-state index contributed by atoms with van der Waals surface area (Å²) < 4.78 is 2.65. The first-order valence-corrected chi connectivity index (χ1v) is 8.67. The Morgan fingerprint density at radius 2 is 2.24 bits per heavy atom. The summed E-state index contributed by atoms with van der Waals surface area (Å²) in [6, 6.07) is 5.90. The van der Waals surface area contributed by atoms with E-state index in [9.17, 15) is 4.79 Å². The van der Waals surface area contributed by atoms with Crippen molar-refractivity contribution in [3.8, 4) is 10.6 Å². The first kappa shape index (κ1) is 14.5. The van der Waals surface area contributed by atoms with Crippen LogP contribution in [0.4, 0.5) is 5.13 Å². The van der Waals surface area contributed by atoms with Crippen LogP contribution in [0.5, 0.6) is 0 Å². The molecule has 0 bridgehead atoms. The van der Waals surface area contributed by atoms with Crippen molar-refractivity contribution in [3.63, 3.8) is 0 Å². The molecule has 3 heterocycles. The fourth-order valence-electron chi connectivity index (χ4n) is 1.93. The van der Waals surface area contributed by atoms with E-state index in [4.69, 9.17) is 0 Å². The zero-order valence-electron chi connectivity index (χ0n) is 11.4. The predicted molar refractivity (Wildman–Crippen MR) is 91.2 cm³/mol. The maximum Gasteiger partial charge on any atom is 0.274 e. The predicted octanol–water partition coefficient (Wildman–Crippen LogP) is 4.53. The molecule has 21 heavy (non-hydrogen) atoms. The maximum atomic E-state index is 12.2. The molecule has 0 spiro atoms. The van der Waals surface area contributed by atoms with Crippen LogP contribution >= 0.6 is 38.6 Å². The SMILES string of the molecule is Cc1ccc(-c2csc(NC(=O)c3cc(Br)cn3C)n2)s1. The number of thiazole rings is 1. The van der Waals surface area contributed by atoms with Crippen LogP contribution in [0.2, 0.25) is 0 Å². The molecule has 0 radical (unpaired) electrons. The molecule has 4 nitrogen and oxygen atoms in total. The minimum atomic E-state index is -0.161. The van der Waals surface area contributed by atoms with Gasteiger partial charge in [0.1, 0.15) is 5.69 Å². The van der Waals surface area contributed by atoms with Crippen LogP contribution in [0, 0.1) is 6.92 Å². The smallest absolute Gasteiger partial charge is 0.274 e. The van der Waals surface area contributed by atoms with Crippen molar-refractivity contribution in [2.45, 2.75) is 6.92 Å². The number of amides is 1. The molecule has 0 aliphatic rings. The molecule has 1 amide bonds. The van der Waals surface area contributed by atoms with Crippen molar-refractivity contribution in [1.29, 1.82) is 0 Å². The summed E-state index contributed by atoms with van der Waals surface area (Å²) in [5.74, 6) is -0.161. The summed E-state index contributed by atoms with van der Waals surface area (Å²) in [7, 11) is 1.83. The number of thiophene rings is 1. The van der Waals surface area contributed by atoms with Gasteiger partial charge in [0, 0.05) is 28.0 Å². The van der Waals surface area contributed by atoms with E-state index in [-0.39, 0.29) is 5.91 Å². The Hall–Kier alpha value is -1.44.